The lowest BCUT2D eigenvalue weighted by Crippen LogP contribution is -2.14. The Labute approximate surface area is 155 Å². The third-order valence-electron chi connectivity index (χ3n) is 4.23. The van der Waals surface area contributed by atoms with Crippen molar-refractivity contribution in [3.8, 4) is 22.8 Å². The van der Waals surface area contributed by atoms with Crippen LogP contribution in [0.15, 0.2) is 47.8 Å². The van der Waals surface area contributed by atoms with E-state index >= 15 is 0 Å². The van der Waals surface area contributed by atoms with Gasteiger partial charge in [-0.2, -0.15) is 0 Å². The third-order valence-corrected chi connectivity index (χ3v) is 4.99. The first-order chi connectivity index (χ1) is 12.7. The van der Waals surface area contributed by atoms with E-state index in [0.717, 1.165) is 41.3 Å². The lowest BCUT2D eigenvalue weighted by Gasteiger charge is -2.04. The molecule has 4 rings (SSSR count). The van der Waals surface area contributed by atoms with Gasteiger partial charge < -0.3 is 14.8 Å². The zero-order chi connectivity index (χ0) is 17.9. The number of nitrogens with one attached hydrogen (secondary N) is 1. The lowest BCUT2D eigenvalue weighted by molar-refractivity contribution is -0.115. The smallest absolute Gasteiger partial charge is 0.230 e. The van der Waals surface area contributed by atoms with Gasteiger partial charge in [0.15, 0.2) is 5.13 Å². The van der Waals surface area contributed by atoms with Crippen molar-refractivity contribution in [3.63, 3.8) is 0 Å². The van der Waals surface area contributed by atoms with Gasteiger partial charge in [-0.25, -0.2) is 4.98 Å². The fraction of sp³-hybridized carbons (Fsp3) is 0.200. The molecule has 132 valence electrons. The van der Waals surface area contributed by atoms with Crippen molar-refractivity contribution >= 4 is 22.4 Å². The normalized spacial score (nSPS) is 12.3. The number of hydrogen-bond acceptors (Lipinski definition) is 5. The minimum Gasteiger partial charge on any atom is -0.497 e. The summed E-state index contributed by atoms with van der Waals surface area (Å²) in [5, 5.41) is 5.43. The van der Waals surface area contributed by atoms with E-state index in [1.807, 2.05) is 41.8 Å². The standard InChI is InChI=1S/C20H18N2O3S/c1-24-16-4-2-3-13(9-16)10-19(23)22-20-21-17(12-26-20)14-5-6-18-15(11-14)7-8-25-18/h2-6,9,11-12H,7-8,10H2,1H3,(H,21,22,23). The zero-order valence-corrected chi connectivity index (χ0v) is 15.1. The number of amides is 1. The van der Waals surface area contributed by atoms with Crippen molar-refractivity contribution in [2.24, 2.45) is 0 Å². The molecule has 0 fully saturated rings. The molecule has 0 unspecified atom stereocenters. The molecule has 0 spiro atoms. The number of hydrogen-bond donors (Lipinski definition) is 1. The molecule has 0 radical (unpaired) electrons. The first kappa shape index (κ1) is 16.6. The van der Waals surface area contributed by atoms with Crippen molar-refractivity contribution in [1.82, 2.24) is 4.98 Å². The Hall–Kier alpha value is -2.86. The quantitative estimate of drug-likeness (QED) is 0.743. The number of fused-ring (bicyclic) bond motifs is 1. The van der Waals surface area contributed by atoms with Crippen LogP contribution in [0.2, 0.25) is 0 Å². The van der Waals surface area contributed by atoms with E-state index in [0.29, 0.717) is 5.13 Å². The van der Waals surface area contributed by atoms with Crippen LogP contribution in [-0.2, 0) is 17.6 Å². The van der Waals surface area contributed by atoms with Crippen LogP contribution in [0, 0.1) is 0 Å². The van der Waals surface area contributed by atoms with E-state index in [1.165, 1.54) is 16.9 Å². The van der Waals surface area contributed by atoms with E-state index in [4.69, 9.17) is 9.47 Å². The summed E-state index contributed by atoms with van der Waals surface area (Å²) < 4.78 is 10.7. The summed E-state index contributed by atoms with van der Waals surface area (Å²) >= 11 is 1.43. The van der Waals surface area contributed by atoms with E-state index in [1.54, 1.807) is 7.11 Å². The number of carbonyl (C=O) groups excluding carboxylic acids is 1. The molecule has 1 amide bonds. The Balaban J connectivity index is 1.44. The summed E-state index contributed by atoms with van der Waals surface area (Å²) in [6, 6.07) is 13.6. The second kappa shape index (κ2) is 7.17. The van der Waals surface area contributed by atoms with Crippen molar-refractivity contribution in [2.75, 3.05) is 19.0 Å². The maximum atomic E-state index is 12.3. The van der Waals surface area contributed by atoms with Gasteiger partial charge in [0.25, 0.3) is 0 Å². The fourth-order valence-corrected chi connectivity index (χ4v) is 3.68. The molecule has 1 aromatic heterocycles. The number of carbonyl (C=O) groups is 1. The van der Waals surface area contributed by atoms with Crippen molar-refractivity contribution in [1.29, 1.82) is 0 Å². The SMILES string of the molecule is COc1cccc(CC(=O)Nc2nc(-c3ccc4c(c3)CCO4)cs2)c1. The largest absolute Gasteiger partial charge is 0.497 e. The highest BCUT2D eigenvalue weighted by Gasteiger charge is 2.14. The van der Waals surface area contributed by atoms with Crippen LogP contribution in [-0.4, -0.2) is 24.6 Å². The maximum absolute atomic E-state index is 12.3. The van der Waals surface area contributed by atoms with Gasteiger partial charge in [-0.3, -0.25) is 4.79 Å². The average Bonchev–Trinajstić information content (AvgIpc) is 3.30. The Morgan fingerprint density at radius 2 is 2.23 bits per heavy atom. The molecule has 0 aliphatic carbocycles. The van der Waals surface area contributed by atoms with Gasteiger partial charge in [0.2, 0.25) is 5.91 Å². The molecular weight excluding hydrogens is 348 g/mol. The molecule has 0 saturated heterocycles. The van der Waals surface area contributed by atoms with Crippen LogP contribution >= 0.6 is 11.3 Å². The highest BCUT2D eigenvalue weighted by Crippen LogP contribution is 2.32. The number of anilines is 1. The minimum absolute atomic E-state index is 0.0958. The second-order valence-corrected chi connectivity index (χ2v) is 6.89. The fourth-order valence-electron chi connectivity index (χ4n) is 2.94. The molecule has 2 heterocycles. The number of methoxy groups -OCH3 is 1. The molecule has 0 atom stereocenters. The average molecular weight is 366 g/mol. The zero-order valence-electron chi connectivity index (χ0n) is 14.3. The lowest BCUT2D eigenvalue weighted by atomic mass is 10.1. The van der Waals surface area contributed by atoms with Crippen LogP contribution in [0.5, 0.6) is 11.5 Å². The number of nitrogens with zero attached hydrogens (tertiary/aromatic N) is 1. The summed E-state index contributed by atoms with van der Waals surface area (Å²) in [7, 11) is 1.61. The van der Waals surface area contributed by atoms with Gasteiger partial charge in [-0.15, -0.1) is 11.3 Å². The Bertz CT molecular complexity index is 952. The van der Waals surface area contributed by atoms with Gasteiger partial charge in [0.05, 0.1) is 25.8 Å². The molecule has 0 saturated carbocycles. The molecular formula is C20H18N2O3S. The molecule has 0 bridgehead atoms. The number of thiazole rings is 1. The molecule has 2 aromatic carbocycles. The first-order valence-corrected chi connectivity index (χ1v) is 9.23. The summed E-state index contributed by atoms with van der Waals surface area (Å²) in [6.45, 7) is 0.738. The van der Waals surface area contributed by atoms with Gasteiger partial charge in [-0.05, 0) is 41.5 Å². The van der Waals surface area contributed by atoms with Gasteiger partial charge in [0, 0.05) is 17.4 Å². The third kappa shape index (κ3) is 3.55. The second-order valence-electron chi connectivity index (χ2n) is 6.04. The summed E-state index contributed by atoms with van der Waals surface area (Å²) in [5.41, 5.74) is 4.01. The highest BCUT2D eigenvalue weighted by molar-refractivity contribution is 7.14. The molecule has 1 aliphatic rings. The first-order valence-electron chi connectivity index (χ1n) is 8.36. The topological polar surface area (TPSA) is 60.5 Å². The van der Waals surface area contributed by atoms with E-state index < -0.39 is 0 Å². The Kier molecular flexibility index (Phi) is 4.58. The van der Waals surface area contributed by atoms with Gasteiger partial charge in [0.1, 0.15) is 11.5 Å². The van der Waals surface area contributed by atoms with Crippen molar-refractivity contribution in [2.45, 2.75) is 12.8 Å². The van der Waals surface area contributed by atoms with Crippen LogP contribution in [0.3, 0.4) is 0 Å². The summed E-state index contributed by atoms with van der Waals surface area (Å²) in [6.07, 6.45) is 1.21. The molecule has 26 heavy (non-hydrogen) atoms. The van der Waals surface area contributed by atoms with E-state index in [-0.39, 0.29) is 12.3 Å². The summed E-state index contributed by atoms with van der Waals surface area (Å²) in [5.74, 6) is 1.60. The molecule has 1 aliphatic heterocycles. The Morgan fingerprint density at radius 3 is 3.12 bits per heavy atom. The van der Waals surface area contributed by atoms with E-state index in [2.05, 4.69) is 16.4 Å². The predicted molar refractivity (Wildman–Crippen MR) is 102 cm³/mol. The van der Waals surface area contributed by atoms with Gasteiger partial charge >= 0.3 is 0 Å². The molecule has 3 aromatic rings. The number of rotatable bonds is 5. The molecule has 5 nitrogen and oxygen atoms in total. The highest BCUT2D eigenvalue weighted by atomic mass is 32.1. The number of benzene rings is 2. The van der Waals surface area contributed by atoms with Crippen molar-refractivity contribution in [3.05, 3.63) is 59.0 Å². The van der Waals surface area contributed by atoms with Crippen molar-refractivity contribution < 1.29 is 14.3 Å². The Morgan fingerprint density at radius 1 is 1.31 bits per heavy atom. The number of aromatic nitrogens is 1. The van der Waals surface area contributed by atoms with Crippen LogP contribution < -0.4 is 14.8 Å². The monoisotopic (exact) mass is 366 g/mol. The van der Waals surface area contributed by atoms with Crippen LogP contribution in [0.4, 0.5) is 5.13 Å². The maximum Gasteiger partial charge on any atom is 0.230 e. The van der Waals surface area contributed by atoms with Crippen LogP contribution in [0.25, 0.3) is 11.3 Å². The van der Waals surface area contributed by atoms with Gasteiger partial charge in [-0.1, -0.05) is 12.1 Å². The minimum atomic E-state index is -0.0958. The predicted octanol–water partition coefficient (Wildman–Crippen LogP) is 3.93. The molecule has 1 N–H and O–H groups in total. The van der Waals surface area contributed by atoms with E-state index in [9.17, 15) is 4.79 Å². The van der Waals surface area contributed by atoms with Crippen LogP contribution in [0.1, 0.15) is 11.1 Å². The molecule has 6 heteroatoms. The summed E-state index contributed by atoms with van der Waals surface area (Å²) in [4.78, 5) is 16.8. The number of ether oxygens (including phenoxy) is 2.